The van der Waals surface area contributed by atoms with E-state index in [0.717, 1.165) is 38.1 Å². The van der Waals surface area contributed by atoms with Crippen LogP contribution in [0.3, 0.4) is 0 Å². The number of aromatic nitrogens is 1. The van der Waals surface area contributed by atoms with Gasteiger partial charge in [0.15, 0.2) is 0 Å². The highest BCUT2D eigenvalue weighted by molar-refractivity contribution is 8.02. The predicted octanol–water partition coefficient (Wildman–Crippen LogP) is 3.26. The number of piperidine rings is 1. The van der Waals surface area contributed by atoms with Crippen LogP contribution in [0.1, 0.15) is 47.8 Å². The molecular weight excluding hydrogens is 457 g/mol. The third-order valence-corrected chi connectivity index (χ3v) is 7.61. The van der Waals surface area contributed by atoms with Gasteiger partial charge in [-0.1, -0.05) is 6.08 Å². The molecule has 0 radical (unpaired) electrons. The van der Waals surface area contributed by atoms with Crippen molar-refractivity contribution in [3.05, 3.63) is 40.3 Å². The fourth-order valence-electron chi connectivity index (χ4n) is 4.74. The molecule has 1 saturated heterocycles. The Morgan fingerprint density at radius 1 is 1.35 bits per heavy atom. The van der Waals surface area contributed by atoms with Crippen LogP contribution >= 0.6 is 11.8 Å². The molecule has 2 aliphatic heterocycles. The quantitative estimate of drug-likeness (QED) is 0.406. The summed E-state index contributed by atoms with van der Waals surface area (Å²) in [7, 11) is 1.46. The highest BCUT2D eigenvalue weighted by Gasteiger charge is 2.31. The predicted molar refractivity (Wildman–Crippen MR) is 132 cm³/mol. The lowest BCUT2D eigenvalue weighted by molar-refractivity contribution is 0.0566. The third kappa shape index (κ3) is 6.93. The first-order valence-electron chi connectivity index (χ1n) is 11.8. The van der Waals surface area contributed by atoms with Crippen molar-refractivity contribution in [1.82, 2.24) is 25.6 Å². The molecule has 1 fully saturated rings. The van der Waals surface area contributed by atoms with Gasteiger partial charge in [0.25, 0.3) is 5.91 Å². The van der Waals surface area contributed by atoms with Gasteiger partial charge in [-0.2, -0.15) is 4.39 Å². The number of rotatable bonds is 9. The van der Waals surface area contributed by atoms with E-state index in [0.29, 0.717) is 41.9 Å². The highest BCUT2D eigenvalue weighted by Crippen LogP contribution is 2.25. The zero-order valence-electron chi connectivity index (χ0n) is 20.5. The Labute approximate surface area is 205 Å². The molecule has 3 rings (SSSR count). The molecule has 3 amide bonds. The van der Waals surface area contributed by atoms with Gasteiger partial charge in [-0.15, -0.1) is 11.8 Å². The number of halogens is 1. The maximum Gasteiger partial charge on any atom is 0.341 e. The molecule has 1 unspecified atom stereocenters. The monoisotopic (exact) mass is 493 g/mol. The summed E-state index contributed by atoms with van der Waals surface area (Å²) in [5.74, 6) is 0.593. The molecule has 188 valence electrons. The number of carbonyl (C=O) groups is 2. The number of amides is 3. The van der Waals surface area contributed by atoms with Crippen molar-refractivity contribution in [2.24, 2.45) is 5.92 Å². The number of aryl methyl sites for hydroxylation is 2. The topological polar surface area (TPSA) is 86.8 Å². The highest BCUT2D eigenvalue weighted by atomic mass is 32.2. The fourth-order valence-corrected chi connectivity index (χ4v) is 5.65. The van der Waals surface area contributed by atoms with Gasteiger partial charge in [-0.3, -0.25) is 9.63 Å². The van der Waals surface area contributed by atoms with Crippen LogP contribution in [0, 0.1) is 25.7 Å². The van der Waals surface area contributed by atoms with Gasteiger partial charge in [0.1, 0.15) is 0 Å². The largest absolute Gasteiger partial charge is 0.352 e. The number of nitrogens with zero attached hydrogens (tertiary/aromatic N) is 3. The Morgan fingerprint density at radius 3 is 2.71 bits per heavy atom. The summed E-state index contributed by atoms with van der Waals surface area (Å²) in [6, 6.07) is 1.58. The zero-order chi connectivity index (χ0) is 24.7. The van der Waals surface area contributed by atoms with Crippen molar-refractivity contribution in [1.29, 1.82) is 0 Å². The van der Waals surface area contributed by atoms with Gasteiger partial charge in [0.2, 0.25) is 5.95 Å². The summed E-state index contributed by atoms with van der Waals surface area (Å²) in [5.41, 5.74) is 3.93. The van der Waals surface area contributed by atoms with Crippen molar-refractivity contribution in [2.45, 2.75) is 52.1 Å². The zero-order valence-corrected chi connectivity index (χ0v) is 21.3. The molecule has 1 aromatic rings. The van der Waals surface area contributed by atoms with Crippen molar-refractivity contribution < 1.29 is 18.8 Å². The fraction of sp³-hybridized carbons (Fsp3) is 0.625. The number of thioether (sulfide) groups is 1. The summed E-state index contributed by atoms with van der Waals surface area (Å²) in [6.45, 7) is 8.55. The molecule has 0 aliphatic carbocycles. The van der Waals surface area contributed by atoms with Crippen LogP contribution in [0.5, 0.6) is 0 Å². The summed E-state index contributed by atoms with van der Waals surface area (Å²) < 4.78 is 13.4. The van der Waals surface area contributed by atoms with Crippen molar-refractivity contribution >= 4 is 23.7 Å². The van der Waals surface area contributed by atoms with Gasteiger partial charge < -0.3 is 15.1 Å². The lowest BCUT2D eigenvalue weighted by atomic mass is 9.99. The second-order valence-electron chi connectivity index (χ2n) is 9.07. The number of hydrogen-bond donors (Lipinski definition) is 2. The number of carbonyl (C=O) groups excluding carboxylic acids is 2. The standard InChI is InChI=1S/C24H36FN5O3S/c1-16-13-21(25)27-18(3)22(16)23(31)26-9-5-17(2)29-10-6-20(7-11-29)30(24(32)28-33-4)14-19-8-12-34-15-19/h8,12-13,17,19-20H,5-7,9-11,14-15H2,1-4H3,(H,26,31)(H,28,32)/t17-,19?/m1/s1. The molecule has 0 bridgehead atoms. The minimum absolute atomic E-state index is 0.175. The Bertz CT molecular complexity index is 868. The van der Waals surface area contributed by atoms with Gasteiger partial charge in [-0.25, -0.2) is 15.3 Å². The first kappa shape index (κ1) is 26.4. The molecule has 34 heavy (non-hydrogen) atoms. The number of urea groups is 1. The van der Waals surface area contributed by atoms with Gasteiger partial charge in [0, 0.05) is 49.9 Å². The third-order valence-electron chi connectivity index (χ3n) is 6.64. The molecule has 2 aliphatic rings. The molecule has 8 nitrogen and oxygen atoms in total. The Morgan fingerprint density at radius 2 is 2.09 bits per heavy atom. The molecule has 0 aromatic carbocycles. The van der Waals surface area contributed by atoms with Crippen LogP contribution in [0.2, 0.25) is 0 Å². The van der Waals surface area contributed by atoms with Crippen molar-refractivity contribution in [3.8, 4) is 0 Å². The minimum atomic E-state index is -0.569. The summed E-state index contributed by atoms with van der Waals surface area (Å²) >= 11 is 1.78. The molecular formula is C24H36FN5O3S. The number of hydroxylamine groups is 1. The average Bonchev–Trinajstić information content (AvgIpc) is 3.30. The molecule has 2 atom stereocenters. The van der Waals surface area contributed by atoms with Gasteiger partial charge in [0.05, 0.1) is 18.4 Å². The number of hydrogen-bond acceptors (Lipinski definition) is 6. The Hall–Kier alpha value is -2.17. The summed E-state index contributed by atoms with van der Waals surface area (Å²) in [6.07, 6.45) is 4.78. The van der Waals surface area contributed by atoms with E-state index < -0.39 is 5.95 Å². The van der Waals surface area contributed by atoms with Crippen LogP contribution in [-0.2, 0) is 4.84 Å². The Kier molecular flexibility index (Phi) is 9.73. The van der Waals surface area contributed by atoms with E-state index in [-0.39, 0.29) is 18.0 Å². The van der Waals surface area contributed by atoms with Crippen LogP contribution in [-0.4, -0.2) is 77.8 Å². The average molecular weight is 494 g/mol. The van der Waals surface area contributed by atoms with Gasteiger partial charge >= 0.3 is 6.03 Å². The van der Waals surface area contributed by atoms with E-state index in [4.69, 9.17) is 4.84 Å². The van der Waals surface area contributed by atoms with E-state index in [9.17, 15) is 14.0 Å². The van der Waals surface area contributed by atoms with E-state index in [2.05, 4.69) is 39.1 Å². The Balaban J connectivity index is 1.47. The number of likely N-dealkylation sites (tertiary alicyclic amines) is 1. The van der Waals surface area contributed by atoms with E-state index in [1.165, 1.54) is 13.2 Å². The van der Waals surface area contributed by atoms with Gasteiger partial charge in [-0.05, 0) is 57.1 Å². The first-order chi connectivity index (χ1) is 16.3. The van der Waals surface area contributed by atoms with E-state index >= 15 is 0 Å². The molecule has 1 aromatic heterocycles. The second kappa shape index (κ2) is 12.5. The van der Waals surface area contributed by atoms with E-state index in [1.54, 1.807) is 25.6 Å². The van der Waals surface area contributed by atoms with Crippen LogP contribution in [0.25, 0.3) is 0 Å². The van der Waals surface area contributed by atoms with E-state index in [1.807, 2.05) is 4.90 Å². The molecule has 2 N–H and O–H groups in total. The lowest BCUT2D eigenvalue weighted by Gasteiger charge is -2.41. The second-order valence-corrected chi connectivity index (χ2v) is 10.0. The molecule has 0 spiro atoms. The van der Waals surface area contributed by atoms with Crippen molar-refractivity contribution in [2.75, 3.05) is 39.0 Å². The van der Waals surface area contributed by atoms with Crippen LogP contribution < -0.4 is 10.8 Å². The SMILES string of the molecule is CONC(=O)N(CC1C=CSC1)C1CCN([C@H](C)CCNC(=O)c2c(C)cc(F)nc2C)CC1. The maximum absolute atomic E-state index is 13.4. The number of pyridine rings is 1. The summed E-state index contributed by atoms with van der Waals surface area (Å²) in [5, 5.41) is 5.06. The maximum atomic E-state index is 13.4. The van der Waals surface area contributed by atoms with Crippen LogP contribution in [0.15, 0.2) is 17.6 Å². The first-order valence-corrected chi connectivity index (χ1v) is 12.9. The minimum Gasteiger partial charge on any atom is -0.352 e. The van der Waals surface area contributed by atoms with Crippen LogP contribution in [0.4, 0.5) is 9.18 Å². The molecule has 0 saturated carbocycles. The molecule has 3 heterocycles. The number of nitrogens with one attached hydrogen (secondary N) is 2. The summed E-state index contributed by atoms with van der Waals surface area (Å²) in [4.78, 5) is 38.2. The van der Waals surface area contributed by atoms with Crippen molar-refractivity contribution in [3.63, 3.8) is 0 Å². The lowest BCUT2D eigenvalue weighted by Crippen LogP contribution is -2.53. The smallest absolute Gasteiger partial charge is 0.341 e. The normalized spacial score (nSPS) is 19.7. The molecule has 10 heteroatoms.